The maximum Gasteiger partial charge on any atom is 0.187 e. The highest BCUT2D eigenvalue weighted by atomic mass is 15.4. The van der Waals surface area contributed by atoms with Gasteiger partial charge in [0.1, 0.15) is 12.7 Å². The molecule has 3 N–H and O–H groups in total. The third-order valence-electron chi connectivity index (χ3n) is 4.01. The van der Waals surface area contributed by atoms with E-state index in [1.54, 1.807) is 41.4 Å². The summed E-state index contributed by atoms with van der Waals surface area (Å²) in [6.07, 6.45) is 4.71. The molecule has 2 aromatic carbocycles. The van der Waals surface area contributed by atoms with E-state index in [2.05, 4.69) is 19.9 Å². The number of anilines is 1. The van der Waals surface area contributed by atoms with Crippen LogP contribution < -0.4 is 11.2 Å². The fourth-order valence-corrected chi connectivity index (χ4v) is 2.58. The highest BCUT2D eigenvalue weighted by Crippen LogP contribution is 2.18. The molecular weight excluding hydrogens is 340 g/mol. The van der Waals surface area contributed by atoms with Crippen LogP contribution in [0.25, 0.3) is 21.7 Å². The van der Waals surface area contributed by atoms with Crippen molar-refractivity contribution >= 4 is 28.8 Å². The number of hydrogen-bond acceptors (Lipinski definition) is 5. The first-order chi connectivity index (χ1) is 13.2. The molecule has 0 aliphatic heterocycles. The first-order valence-electron chi connectivity index (χ1n) is 8.03. The second-order valence-corrected chi connectivity index (χ2v) is 5.76. The zero-order valence-electron chi connectivity index (χ0n) is 14.1. The molecule has 4 rings (SSSR count). The van der Waals surface area contributed by atoms with Crippen LogP contribution in [0.4, 0.5) is 11.4 Å². The Balaban J connectivity index is 1.72. The molecule has 0 bridgehead atoms. The van der Waals surface area contributed by atoms with Gasteiger partial charge >= 0.3 is 0 Å². The van der Waals surface area contributed by atoms with Gasteiger partial charge in [0, 0.05) is 11.4 Å². The van der Waals surface area contributed by atoms with Crippen molar-refractivity contribution in [3.63, 3.8) is 0 Å². The minimum atomic E-state index is 0.128. The number of nitrogen functional groups attached to an aromatic ring is 1. The van der Waals surface area contributed by atoms with Crippen LogP contribution in [0.15, 0.2) is 66.3 Å². The molecule has 0 atom stereocenters. The van der Waals surface area contributed by atoms with Gasteiger partial charge in [0.2, 0.25) is 0 Å². The van der Waals surface area contributed by atoms with Crippen molar-refractivity contribution in [3.8, 4) is 5.69 Å². The third kappa shape index (κ3) is 3.05. The highest BCUT2D eigenvalue weighted by Gasteiger charge is 2.09. The second kappa shape index (κ2) is 6.57. The fourth-order valence-electron chi connectivity index (χ4n) is 2.58. The van der Waals surface area contributed by atoms with Crippen molar-refractivity contribution < 1.29 is 0 Å². The van der Waals surface area contributed by atoms with Gasteiger partial charge in [-0.1, -0.05) is 24.3 Å². The highest BCUT2D eigenvalue weighted by molar-refractivity contribution is 5.80. The summed E-state index contributed by atoms with van der Waals surface area (Å²) in [6.45, 7) is 7.03. The Kier molecular flexibility index (Phi) is 3.95. The summed E-state index contributed by atoms with van der Waals surface area (Å²) < 4.78 is 3.13. The molecule has 0 aliphatic rings. The molecule has 0 aliphatic carbocycles. The monoisotopic (exact) mass is 354 g/mol. The lowest BCUT2D eigenvalue weighted by molar-refractivity contribution is 0.779. The van der Waals surface area contributed by atoms with Crippen molar-refractivity contribution in [2.75, 3.05) is 5.73 Å². The second-order valence-electron chi connectivity index (χ2n) is 5.76. The number of imidazole rings is 1. The molecule has 8 nitrogen and oxygen atoms in total. The van der Waals surface area contributed by atoms with Crippen LogP contribution in [0, 0.1) is 12.0 Å². The smallest absolute Gasteiger partial charge is 0.187 e. The zero-order valence-corrected chi connectivity index (χ0v) is 14.1. The average Bonchev–Trinajstić information content (AvgIpc) is 3.14. The van der Waals surface area contributed by atoms with Crippen molar-refractivity contribution in [3.05, 3.63) is 83.7 Å². The first-order valence-corrected chi connectivity index (χ1v) is 8.03. The van der Waals surface area contributed by atoms with Gasteiger partial charge in [-0.2, -0.15) is 5.10 Å². The predicted molar refractivity (Wildman–Crippen MR) is 103 cm³/mol. The zero-order chi connectivity index (χ0) is 18.8. The van der Waals surface area contributed by atoms with E-state index in [1.165, 1.54) is 11.0 Å². The van der Waals surface area contributed by atoms with Gasteiger partial charge in [0.05, 0.1) is 12.8 Å². The molecule has 27 heavy (non-hydrogen) atoms. The summed E-state index contributed by atoms with van der Waals surface area (Å²) in [5.74, 6) is 0. The summed E-state index contributed by atoms with van der Waals surface area (Å²) in [7, 11) is 0. The Morgan fingerprint density at radius 2 is 1.78 bits per heavy atom. The Morgan fingerprint density at radius 3 is 2.48 bits per heavy atom. The maximum absolute atomic E-state index is 8.35. The molecular formula is C19H14N8. The molecule has 2 heterocycles. The van der Waals surface area contributed by atoms with E-state index in [0.29, 0.717) is 22.5 Å². The standard InChI is InChI=1S/C19H14N8/c1-22-15-6-8-16(9-7-15)26-11-23-17-18(21)27(12-24-19(17)26)25-10-13-2-4-14(20)5-3-13/h2-12,21H,20H2/b21-18?,25-10-. The van der Waals surface area contributed by atoms with E-state index in [4.69, 9.17) is 17.7 Å². The number of nitrogens with two attached hydrogens (primary N) is 1. The largest absolute Gasteiger partial charge is 0.399 e. The molecule has 0 spiro atoms. The van der Waals surface area contributed by atoms with Crippen LogP contribution in [0.3, 0.4) is 0 Å². The quantitative estimate of drug-likeness (QED) is 0.336. The van der Waals surface area contributed by atoms with E-state index in [1.807, 2.05) is 24.3 Å². The Hall–Kier alpha value is -4.25. The molecule has 0 saturated heterocycles. The van der Waals surface area contributed by atoms with E-state index >= 15 is 0 Å². The number of nitrogens with one attached hydrogen (secondary N) is 1. The third-order valence-corrected chi connectivity index (χ3v) is 4.01. The number of benzene rings is 2. The first kappa shape index (κ1) is 16.2. The normalized spacial score (nSPS) is 11.1. The number of aromatic nitrogens is 4. The minimum Gasteiger partial charge on any atom is -0.399 e. The van der Waals surface area contributed by atoms with Gasteiger partial charge in [-0.15, -0.1) is 0 Å². The van der Waals surface area contributed by atoms with Crippen molar-refractivity contribution in [1.82, 2.24) is 19.2 Å². The van der Waals surface area contributed by atoms with Gasteiger partial charge in [-0.3, -0.25) is 9.98 Å². The molecule has 2 aromatic heterocycles. The number of fused-ring (bicyclic) bond motifs is 1. The van der Waals surface area contributed by atoms with Gasteiger partial charge in [0.25, 0.3) is 0 Å². The van der Waals surface area contributed by atoms with E-state index in [0.717, 1.165) is 11.3 Å². The van der Waals surface area contributed by atoms with Crippen molar-refractivity contribution in [1.29, 1.82) is 5.41 Å². The maximum atomic E-state index is 8.35. The van der Waals surface area contributed by atoms with Crippen LogP contribution in [0.1, 0.15) is 5.56 Å². The van der Waals surface area contributed by atoms with Crippen LogP contribution in [-0.4, -0.2) is 25.4 Å². The van der Waals surface area contributed by atoms with E-state index in [-0.39, 0.29) is 5.49 Å². The Labute approximate surface area is 154 Å². The molecule has 0 unspecified atom stereocenters. The summed E-state index contributed by atoms with van der Waals surface area (Å²) in [6, 6.07) is 14.4. The lowest BCUT2D eigenvalue weighted by Crippen LogP contribution is -2.18. The number of hydrogen-bond donors (Lipinski definition) is 2. The van der Waals surface area contributed by atoms with Gasteiger partial charge in [0.15, 0.2) is 22.3 Å². The van der Waals surface area contributed by atoms with Gasteiger partial charge in [-0.25, -0.2) is 19.5 Å². The van der Waals surface area contributed by atoms with E-state index in [9.17, 15) is 0 Å². The number of rotatable bonds is 3. The van der Waals surface area contributed by atoms with Crippen molar-refractivity contribution in [2.24, 2.45) is 5.10 Å². The van der Waals surface area contributed by atoms with Crippen LogP contribution in [0.5, 0.6) is 0 Å². The molecule has 0 saturated carbocycles. The van der Waals surface area contributed by atoms with Crippen LogP contribution >= 0.6 is 0 Å². The summed E-state index contributed by atoms with van der Waals surface area (Å²) in [4.78, 5) is 12.1. The molecule has 0 amide bonds. The summed E-state index contributed by atoms with van der Waals surface area (Å²) in [5.41, 5.74) is 9.71. The SMILES string of the molecule is [C-]#[N+]c1ccc(-n2cnc3c(=N)n(/N=C\c4ccc(N)cc4)cnc32)cc1. The van der Waals surface area contributed by atoms with Crippen LogP contribution in [-0.2, 0) is 0 Å². The Morgan fingerprint density at radius 1 is 1.04 bits per heavy atom. The molecule has 4 aromatic rings. The van der Waals surface area contributed by atoms with Gasteiger partial charge < -0.3 is 5.73 Å². The topological polar surface area (TPSA) is 102 Å². The van der Waals surface area contributed by atoms with Gasteiger partial charge in [-0.05, 0) is 29.8 Å². The molecule has 130 valence electrons. The summed E-state index contributed by atoms with van der Waals surface area (Å²) in [5, 5.41) is 12.6. The summed E-state index contributed by atoms with van der Waals surface area (Å²) >= 11 is 0. The van der Waals surface area contributed by atoms with Crippen LogP contribution in [0.2, 0.25) is 0 Å². The molecule has 8 heteroatoms. The van der Waals surface area contributed by atoms with Crippen molar-refractivity contribution in [2.45, 2.75) is 0 Å². The van der Waals surface area contributed by atoms with E-state index < -0.39 is 0 Å². The lowest BCUT2D eigenvalue weighted by Gasteiger charge is -2.04. The predicted octanol–water partition coefficient (Wildman–Crippen LogP) is 2.72. The lowest BCUT2D eigenvalue weighted by atomic mass is 10.2. The number of nitrogens with zero attached hydrogens (tertiary/aromatic N) is 6. The molecule has 0 fully saturated rings. The minimum absolute atomic E-state index is 0.128. The average molecular weight is 354 g/mol. The fraction of sp³-hybridized carbons (Fsp3) is 0. The molecule has 0 radical (unpaired) electrons. The Bertz CT molecular complexity index is 1240.